The van der Waals surface area contributed by atoms with Crippen molar-refractivity contribution in [2.45, 2.75) is 46.5 Å². The highest BCUT2D eigenvalue weighted by atomic mass is 16.1. The van der Waals surface area contributed by atoms with E-state index in [1.54, 1.807) is 6.92 Å². The van der Waals surface area contributed by atoms with Crippen molar-refractivity contribution in [2.75, 3.05) is 0 Å². The predicted molar refractivity (Wildman–Crippen MR) is 72.1 cm³/mol. The van der Waals surface area contributed by atoms with Crippen molar-refractivity contribution in [3.8, 4) is 0 Å². The van der Waals surface area contributed by atoms with Crippen molar-refractivity contribution in [3.05, 3.63) is 23.3 Å². The smallest absolute Gasteiger partial charge is 0.159 e. The Morgan fingerprint density at radius 1 is 1.28 bits per heavy atom. The van der Waals surface area contributed by atoms with Crippen LogP contribution >= 0.6 is 0 Å². The van der Waals surface area contributed by atoms with Crippen LogP contribution in [-0.2, 0) is 9.59 Å². The summed E-state index contributed by atoms with van der Waals surface area (Å²) in [4.78, 5) is 23.4. The fraction of sp³-hybridized carbons (Fsp3) is 0.625. The van der Waals surface area contributed by atoms with Crippen LogP contribution in [0.3, 0.4) is 0 Å². The lowest BCUT2D eigenvalue weighted by Gasteiger charge is -2.18. The van der Waals surface area contributed by atoms with E-state index in [1.807, 2.05) is 6.92 Å². The van der Waals surface area contributed by atoms with Crippen LogP contribution in [0, 0.1) is 17.8 Å². The molecule has 0 bridgehead atoms. The third-order valence-electron chi connectivity index (χ3n) is 4.82. The molecule has 1 saturated carbocycles. The van der Waals surface area contributed by atoms with Gasteiger partial charge in [0, 0.05) is 6.42 Å². The Labute approximate surface area is 109 Å². The van der Waals surface area contributed by atoms with Gasteiger partial charge in [0.2, 0.25) is 0 Å². The minimum Gasteiger partial charge on any atom is -0.295 e. The molecular weight excluding hydrogens is 224 g/mol. The van der Waals surface area contributed by atoms with Crippen molar-refractivity contribution in [1.82, 2.24) is 0 Å². The molecule has 98 valence electrons. The first-order chi connectivity index (χ1) is 8.41. The monoisotopic (exact) mass is 246 g/mol. The molecule has 2 heteroatoms. The van der Waals surface area contributed by atoms with Gasteiger partial charge in [0.25, 0.3) is 0 Å². The summed E-state index contributed by atoms with van der Waals surface area (Å²) < 4.78 is 0. The molecule has 0 radical (unpaired) electrons. The van der Waals surface area contributed by atoms with Crippen LogP contribution < -0.4 is 0 Å². The maximum atomic E-state index is 11.9. The van der Waals surface area contributed by atoms with Crippen LogP contribution in [0.4, 0.5) is 0 Å². The number of carbonyl (C=O) groups excluding carboxylic acids is 2. The van der Waals surface area contributed by atoms with Gasteiger partial charge < -0.3 is 0 Å². The van der Waals surface area contributed by atoms with Crippen molar-refractivity contribution >= 4 is 11.6 Å². The summed E-state index contributed by atoms with van der Waals surface area (Å²) in [5, 5.41) is 0. The zero-order chi connectivity index (χ0) is 13.4. The second-order valence-corrected chi connectivity index (χ2v) is 5.92. The van der Waals surface area contributed by atoms with Crippen LogP contribution in [0.1, 0.15) is 46.5 Å². The van der Waals surface area contributed by atoms with E-state index < -0.39 is 0 Å². The molecule has 2 nitrogen and oxygen atoms in total. The van der Waals surface area contributed by atoms with Crippen molar-refractivity contribution < 1.29 is 9.59 Å². The first-order valence-electron chi connectivity index (χ1n) is 6.84. The van der Waals surface area contributed by atoms with Crippen LogP contribution in [0.2, 0.25) is 0 Å². The van der Waals surface area contributed by atoms with Gasteiger partial charge in [-0.1, -0.05) is 19.1 Å². The summed E-state index contributed by atoms with van der Waals surface area (Å²) in [6, 6.07) is 0. The molecule has 0 N–H and O–H groups in total. The van der Waals surface area contributed by atoms with E-state index in [1.165, 1.54) is 5.57 Å². The molecule has 18 heavy (non-hydrogen) atoms. The summed E-state index contributed by atoms with van der Waals surface area (Å²) in [6.45, 7) is 9.72. The number of ketones is 2. The number of hydrogen-bond acceptors (Lipinski definition) is 2. The number of Topliss-reactive ketones (excluding diaryl/α,β-unsaturated/α-hetero) is 2. The second-order valence-electron chi connectivity index (χ2n) is 5.92. The predicted octanol–water partition coefficient (Wildman–Crippen LogP) is 3.47. The van der Waals surface area contributed by atoms with Gasteiger partial charge in [0.05, 0.1) is 0 Å². The minimum atomic E-state index is 0.0914. The molecule has 0 aromatic heterocycles. The second kappa shape index (κ2) is 4.83. The van der Waals surface area contributed by atoms with Crippen LogP contribution in [-0.4, -0.2) is 11.6 Å². The molecule has 3 atom stereocenters. The van der Waals surface area contributed by atoms with E-state index in [9.17, 15) is 9.59 Å². The SMILES string of the molecule is C=C(C(C)=O)[C@H]1CC[C@H](C)[C@@H]2CC(=O)C(C)=C2C1. The summed E-state index contributed by atoms with van der Waals surface area (Å²) in [6.07, 6.45) is 3.67. The van der Waals surface area contributed by atoms with Gasteiger partial charge in [-0.05, 0) is 62.0 Å². The molecule has 0 heterocycles. The highest BCUT2D eigenvalue weighted by Crippen LogP contribution is 2.45. The fourth-order valence-corrected chi connectivity index (χ4v) is 3.40. The third kappa shape index (κ3) is 2.21. The van der Waals surface area contributed by atoms with Gasteiger partial charge >= 0.3 is 0 Å². The maximum absolute atomic E-state index is 11.9. The summed E-state index contributed by atoms with van der Waals surface area (Å²) in [7, 11) is 0. The van der Waals surface area contributed by atoms with E-state index >= 15 is 0 Å². The Bertz CT molecular complexity index is 442. The standard InChI is InChI=1S/C16H22O2/c1-9-5-6-13(10(2)12(4)17)7-15-11(3)16(18)8-14(9)15/h9,13-14H,2,5-8H2,1,3-4H3/t9-,13-,14-/m0/s1. The molecule has 0 aromatic carbocycles. The van der Waals surface area contributed by atoms with Crippen LogP contribution in [0.5, 0.6) is 0 Å². The van der Waals surface area contributed by atoms with Gasteiger partial charge in [-0.15, -0.1) is 0 Å². The lowest BCUT2D eigenvalue weighted by atomic mass is 9.86. The third-order valence-corrected chi connectivity index (χ3v) is 4.82. The Kier molecular flexibility index (Phi) is 3.56. The maximum Gasteiger partial charge on any atom is 0.159 e. The molecular formula is C16H22O2. The number of fused-ring (bicyclic) bond motifs is 1. The molecule has 2 aliphatic carbocycles. The average molecular weight is 246 g/mol. The lowest BCUT2D eigenvalue weighted by Crippen LogP contribution is -2.10. The fourth-order valence-electron chi connectivity index (χ4n) is 3.40. The molecule has 2 aliphatic rings. The van der Waals surface area contributed by atoms with Crippen molar-refractivity contribution in [1.29, 1.82) is 0 Å². The quantitative estimate of drug-likeness (QED) is 0.699. The van der Waals surface area contributed by atoms with Crippen LogP contribution in [0.15, 0.2) is 23.3 Å². The van der Waals surface area contributed by atoms with E-state index in [0.29, 0.717) is 24.0 Å². The number of hydrogen-bond donors (Lipinski definition) is 0. The molecule has 0 saturated heterocycles. The van der Waals surface area contributed by atoms with E-state index in [-0.39, 0.29) is 11.7 Å². The van der Waals surface area contributed by atoms with E-state index in [2.05, 4.69) is 13.5 Å². The molecule has 2 rings (SSSR count). The van der Waals surface area contributed by atoms with Crippen molar-refractivity contribution in [3.63, 3.8) is 0 Å². The van der Waals surface area contributed by atoms with Gasteiger partial charge in [-0.25, -0.2) is 0 Å². The Morgan fingerprint density at radius 3 is 2.56 bits per heavy atom. The minimum absolute atomic E-state index is 0.0914. The van der Waals surface area contributed by atoms with Crippen LogP contribution in [0.25, 0.3) is 0 Å². The largest absolute Gasteiger partial charge is 0.295 e. The van der Waals surface area contributed by atoms with E-state index in [4.69, 9.17) is 0 Å². The van der Waals surface area contributed by atoms with Gasteiger partial charge in [0.15, 0.2) is 11.6 Å². The molecule has 0 spiro atoms. The zero-order valence-electron chi connectivity index (χ0n) is 11.6. The van der Waals surface area contributed by atoms with E-state index in [0.717, 1.165) is 30.4 Å². The average Bonchev–Trinajstić information content (AvgIpc) is 2.50. The summed E-state index contributed by atoms with van der Waals surface area (Å²) in [5.74, 6) is 1.60. The van der Waals surface area contributed by atoms with Gasteiger partial charge in [-0.3, -0.25) is 9.59 Å². The molecule has 0 aromatic rings. The normalized spacial score (nSPS) is 32.2. The molecule has 0 amide bonds. The highest BCUT2D eigenvalue weighted by molar-refractivity contribution is 5.99. The first-order valence-corrected chi connectivity index (χ1v) is 6.84. The molecule has 1 fully saturated rings. The Balaban J connectivity index is 2.29. The zero-order valence-corrected chi connectivity index (χ0v) is 11.6. The number of allylic oxidation sites excluding steroid dienone is 3. The Morgan fingerprint density at radius 2 is 1.94 bits per heavy atom. The summed E-state index contributed by atoms with van der Waals surface area (Å²) >= 11 is 0. The Hall–Kier alpha value is -1.18. The highest BCUT2D eigenvalue weighted by Gasteiger charge is 2.37. The van der Waals surface area contributed by atoms with Gasteiger partial charge in [0.1, 0.15) is 0 Å². The first kappa shape index (κ1) is 13.3. The van der Waals surface area contributed by atoms with Gasteiger partial charge in [-0.2, -0.15) is 0 Å². The number of carbonyl (C=O) groups is 2. The van der Waals surface area contributed by atoms with Crippen molar-refractivity contribution in [2.24, 2.45) is 17.8 Å². The molecule has 0 unspecified atom stereocenters. The topological polar surface area (TPSA) is 34.1 Å². The molecule has 0 aliphatic heterocycles. The summed E-state index contributed by atoms with van der Waals surface area (Å²) in [5.41, 5.74) is 3.00. The lowest BCUT2D eigenvalue weighted by molar-refractivity contribution is -0.115. The number of rotatable bonds is 2.